The SMILES string of the molecule is COc1ccc(S(=O)(=O)NCC2NCCc3ccccc32)cc1C. The first-order valence-electron chi connectivity index (χ1n) is 7.97. The molecule has 2 aromatic carbocycles. The fourth-order valence-electron chi connectivity index (χ4n) is 3.07. The highest BCUT2D eigenvalue weighted by Crippen LogP contribution is 2.24. The number of ether oxygens (including phenoxy) is 1. The van der Waals surface area contributed by atoms with Crippen molar-refractivity contribution in [1.29, 1.82) is 0 Å². The molecule has 0 fully saturated rings. The minimum atomic E-state index is -3.56. The molecule has 0 spiro atoms. The lowest BCUT2D eigenvalue weighted by molar-refractivity contribution is 0.411. The van der Waals surface area contributed by atoms with Crippen LogP contribution in [0.15, 0.2) is 47.4 Å². The number of rotatable bonds is 5. The second-order valence-electron chi connectivity index (χ2n) is 5.94. The average Bonchev–Trinajstić information content (AvgIpc) is 2.60. The van der Waals surface area contributed by atoms with Crippen molar-refractivity contribution in [2.45, 2.75) is 24.3 Å². The van der Waals surface area contributed by atoms with E-state index in [2.05, 4.69) is 22.2 Å². The van der Waals surface area contributed by atoms with Gasteiger partial charge in [-0.2, -0.15) is 0 Å². The van der Waals surface area contributed by atoms with Gasteiger partial charge in [0.25, 0.3) is 0 Å². The highest BCUT2D eigenvalue weighted by molar-refractivity contribution is 7.89. The molecule has 2 aromatic rings. The summed E-state index contributed by atoms with van der Waals surface area (Å²) in [5.41, 5.74) is 3.24. The molecule has 6 heteroatoms. The van der Waals surface area contributed by atoms with E-state index >= 15 is 0 Å². The van der Waals surface area contributed by atoms with Crippen LogP contribution < -0.4 is 14.8 Å². The third-order valence-corrected chi connectivity index (χ3v) is 5.79. The van der Waals surface area contributed by atoms with E-state index in [0.717, 1.165) is 24.1 Å². The number of fused-ring (bicyclic) bond motifs is 1. The lowest BCUT2D eigenvalue weighted by atomic mass is 9.95. The van der Waals surface area contributed by atoms with Gasteiger partial charge in [0.15, 0.2) is 0 Å². The zero-order chi connectivity index (χ0) is 17.2. The van der Waals surface area contributed by atoms with E-state index in [1.807, 2.05) is 19.1 Å². The predicted octanol–water partition coefficient (Wildman–Crippen LogP) is 2.17. The molecule has 128 valence electrons. The van der Waals surface area contributed by atoms with Crippen molar-refractivity contribution >= 4 is 10.0 Å². The first kappa shape index (κ1) is 17.0. The number of hydrogen-bond acceptors (Lipinski definition) is 4. The Labute approximate surface area is 143 Å². The van der Waals surface area contributed by atoms with E-state index in [1.165, 1.54) is 5.56 Å². The Kier molecular flexibility index (Phi) is 4.89. The molecular weight excluding hydrogens is 324 g/mol. The Morgan fingerprint density at radius 2 is 2.04 bits per heavy atom. The summed E-state index contributed by atoms with van der Waals surface area (Å²) in [5.74, 6) is 0.678. The lowest BCUT2D eigenvalue weighted by Gasteiger charge is -2.27. The maximum Gasteiger partial charge on any atom is 0.240 e. The molecular formula is C18H22N2O3S. The highest BCUT2D eigenvalue weighted by Gasteiger charge is 2.22. The van der Waals surface area contributed by atoms with Gasteiger partial charge in [0.05, 0.1) is 12.0 Å². The molecule has 24 heavy (non-hydrogen) atoms. The summed E-state index contributed by atoms with van der Waals surface area (Å²) < 4.78 is 33.0. The van der Waals surface area contributed by atoms with E-state index in [9.17, 15) is 8.42 Å². The van der Waals surface area contributed by atoms with Gasteiger partial charge in [0.2, 0.25) is 10.0 Å². The minimum Gasteiger partial charge on any atom is -0.496 e. The largest absolute Gasteiger partial charge is 0.496 e. The third-order valence-electron chi connectivity index (χ3n) is 4.37. The van der Waals surface area contributed by atoms with Crippen molar-refractivity contribution in [2.75, 3.05) is 20.2 Å². The Hall–Kier alpha value is -1.89. The first-order valence-corrected chi connectivity index (χ1v) is 9.45. The summed E-state index contributed by atoms with van der Waals surface area (Å²) >= 11 is 0. The Bertz CT molecular complexity index is 834. The van der Waals surface area contributed by atoms with Crippen LogP contribution in [0.1, 0.15) is 22.7 Å². The molecule has 0 saturated carbocycles. The second kappa shape index (κ2) is 6.93. The fraction of sp³-hybridized carbons (Fsp3) is 0.333. The van der Waals surface area contributed by atoms with Crippen LogP contribution in [-0.2, 0) is 16.4 Å². The van der Waals surface area contributed by atoms with Crippen LogP contribution in [0.5, 0.6) is 5.75 Å². The summed E-state index contributed by atoms with van der Waals surface area (Å²) in [5, 5.41) is 3.38. The molecule has 1 unspecified atom stereocenters. The van der Waals surface area contributed by atoms with Gasteiger partial charge < -0.3 is 10.1 Å². The van der Waals surface area contributed by atoms with Gasteiger partial charge in [-0.3, -0.25) is 0 Å². The molecule has 0 aromatic heterocycles. The number of hydrogen-bond donors (Lipinski definition) is 2. The molecule has 0 saturated heterocycles. The minimum absolute atomic E-state index is 0.0101. The van der Waals surface area contributed by atoms with Crippen LogP contribution >= 0.6 is 0 Å². The molecule has 0 amide bonds. The van der Waals surface area contributed by atoms with Crippen LogP contribution in [0.4, 0.5) is 0 Å². The molecule has 1 aliphatic rings. The Morgan fingerprint density at radius 3 is 2.79 bits per heavy atom. The van der Waals surface area contributed by atoms with Crippen molar-refractivity contribution < 1.29 is 13.2 Å². The lowest BCUT2D eigenvalue weighted by Crippen LogP contribution is -2.38. The summed E-state index contributed by atoms with van der Waals surface area (Å²) in [6.07, 6.45) is 0.969. The molecule has 3 rings (SSSR count). The maximum atomic E-state index is 12.6. The van der Waals surface area contributed by atoms with Crippen molar-refractivity contribution in [2.24, 2.45) is 0 Å². The van der Waals surface area contributed by atoms with Crippen molar-refractivity contribution in [3.8, 4) is 5.75 Å². The quantitative estimate of drug-likeness (QED) is 0.871. The van der Waals surface area contributed by atoms with Gasteiger partial charge >= 0.3 is 0 Å². The van der Waals surface area contributed by atoms with Crippen molar-refractivity contribution in [3.05, 3.63) is 59.2 Å². The van der Waals surface area contributed by atoms with Gasteiger partial charge in [0, 0.05) is 12.6 Å². The van der Waals surface area contributed by atoms with Gasteiger partial charge in [-0.15, -0.1) is 0 Å². The fourth-order valence-corrected chi connectivity index (χ4v) is 4.20. The molecule has 0 aliphatic carbocycles. The van der Waals surface area contributed by atoms with Crippen LogP contribution in [0, 0.1) is 6.92 Å². The summed E-state index contributed by atoms with van der Waals surface area (Å²) in [6, 6.07) is 13.0. The third kappa shape index (κ3) is 3.45. The standard InChI is InChI=1S/C18H22N2O3S/c1-13-11-15(7-8-18(13)23-2)24(21,22)20-12-17-16-6-4-3-5-14(16)9-10-19-17/h3-8,11,17,19-20H,9-10,12H2,1-2H3. The maximum absolute atomic E-state index is 12.6. The summed E-state index contributed by atoms with van der Waals surface area (Å²) in [6.45, 7) is 3.01. The molecule has 2 N–H and O–H groups in total. The molecule has 1 aliphatic heterocycles. The molecule has 1 heterocycles. The van der Waals surface area contributed by atoms with Gasteiger partial charge in [-0.05, 0) is 54.8 Å². The second-order valence-corrected chi connectivity index (χ2v) is 7.71. The monoisotopic (exact) mass is 346 g/mol. The smallest absolute Gasteiger partial charge is 0.240 e. The van der Waals surface area contributed by atoms with Crippen LogP contribution in [0.25, 0.3) is 0 Å². The zero-order valence-electron chi connectivity index (χ0n) is 13.9. The molecule has 0 radical (unpaired) electrons. The van der Waals surface area contributed by atoms with Gasteiger partial charge in [0.1, 0.15) is 5.75 Å². The van der Waals surface area contributed by atoms with E-state index < -0.39 is 10.0 Å². The van der Waals surface area contributed by atoms with Crippen molar-refractivity contribution in [1.82, 2.24) is 10.0 Å². The number of nitrogens with one attached hydrogen (secondary N) is 2. The van der Waals surface area contributed by atoms with E-state index in [0.29, 0.717) is 12.3 Å². The van der Waals surface area contributed by atoms with Crippen molar-refractivity contribution in [3.63, 3.8) is 0 Å². The predicted molar refractivity (Wildman–Crippen MR) is 93.8 cm³/mol. The molecule has 1 atom stereocenters. The Morgan fingerprint density at radius 1 is 1.25 bits per heavy atom. The van der Waals surface area contributed by atoms with Gasteiger partial charge in [-0.25, -0.2) is 13.1 Å². The zero-order valence-corrected chi connectivity index (χ0v) is 14.7. The topological polar surface area (TPSA) is 67.4 Å². The summed E-state index contributed by atoms with van der Waals surface area (Å²) in [4.78, 5) is 0.255. The van der Waals surface area contributed by atoms with Crippen LogP contribution in [-0.4, -0.2) is 28.6 Å². The molecule has 5 nitrogen and oxygen atoms in total. The van der Waals surface area contributed by atoms with E-state index in [1.54, 1.807) is 25.3 Å². The normalized spacial score (nSPS) is 17.3. The number of benzene rings is 2. The van der Waals surface area contributed by atoms with Crippen LogP contribution in [0.2, 0.25) is 0 Å². The molecule has 0 bridgehead atoms. The number of methoxy groups -OCH3 is 1. The van der Waals surface area contributed by atoms with Gasteiger partial charge in [-0.1, -0.05) is 24.3 Å². The van der Waals surface area contributed by atoms with E-state index in [-0.39, 0.29) is 10.9 Å². The number of sulfonamides is 1. The first-order chi connectivity index (χ1) is 11.5. The number of aryl methyl sites for hydroxylation is 1. The average molecular weight is 346 g/mol. The van der Waals surface area contributed by atoms with Crippen LogP contribution in [0.3, 0.4) is 0 Å². The van der Waals surface area contributed by atoms with E-state index in [4.69, 9.17) is 4.74 Å². The summed E-state index contributed by atoms with van der Waals surface area (Å²) in [7, 11) is -1.98. The Balaban J connectivity index is 1.76. The highest BCUT2D eigenvalue weighted by atomic mass is 32.2.